The van der Waals surface area contributed by atoms with Gasteiger partial charge in [-0.1, -0.05) is 32.4 Å². The lowest BCUT2D eigenvalue weighted by Crippen LogP contribution is -2.40. The molecule has 0 aliphatic heterocycles. The van der Waals surface area contributed by atoms with E-state index in [1.165, 1.54) is 43.3 Å². The lowest BCUT2D eigenvalue weighted by Gasteiger charge is -2.31. The smallest absolute Gasteiger partial charge is 0.339 e. The summed E-state index contributed by atoms with van der Waals surface area (Å²) < 4.78 is 31.2. The van der Waals surface area contributed by atoms with E-state index >= 15 is 0 Å². The van der Waals surface area contributed by atoms with Crippen molar-refractivity contribution < 1.29 is 22.2 Å². The van der Waals surface area contributed by atoms with Gasteiger partial charge in [-0.3, -0.25) is 9.59 Å². The predicted molar refractivity (Wildman–Crippen MR) is 125 cm³/mol. The fourth-order valence-electron chi connectivity index (χ4n) is 3.01. The van der Waals surface area contributed by atoms with Crippen LogP contribution in [0.15, 0.2) is 47.4 Å². The van der Waals surface area contributed by atoms with Gasteiger partial charge in [0.15, 0.2) is 0 Å². The summed E-state index contributed by atoms with van der Waals surface area (Å²) >= 11 is 6.16. The van der Waals surface area contributed by atoms with Crippen LogP contribution >= 0.6 is 11.6 Å². The van der Waals surface area contributed by atoms with Gasteiger partial charge in [0.1, 0.15) is 10.6 Å². The molecule has 174 valence electrons. The maximum Gasteiger partial charge on any atom is 0.339 e. The zero-order valence-corrected chi connectivity index (χ0v) is 20.5. The molecule has 0 unspecified atom stereocenters. The monoisotopic (exact) mass is 480 g/mol. The number of nitrogens with one attached hydrogen (secondary N) is 1. The molecular weight excluding hydrogens is 452 g/mol. The molecule has 2 amide bonds. The molecule has 7 nitrogen and oxygen atoms in total. The van der Waals surface area contributed by atoms with E-state index in [-0.39, 0.29) is 41.0 Å². The highest BCUT2D eigenvalue weighted by molar-refractivity contribution is 7.87. The highest BCUT2D eigenvalue weighted by Crippen LogP contribution is 2.29. The molecule has 9 heteroatoms. The Kier molecular flexibility index (Phi) is 8.69. The van der Waals surface area contributed by atoms with Crippen molar-refractivity contribution in [1.29, 1.82) is 0 Å². The second kappa shape index (κ2) is 10.8. The summed E-state index contributed by atoms with van der Waals surface area (Å²) in [6, 6.07) is 10.2. The third-order valence-corrected chi connectivity index (χ3v) is 6.41. The molecule has 1 atom stereocenters. The van der Waals surface area contributed by atoms with E-state index in [0.717, 1.165) is 6.42 Å². The normalized spacial score (nSPS) is 12.3. The van der Waals surface area contributed by atoms with Gasteiger partial charge in [0, 0.05) is 41.7 Å². The van der Waals surface area contributed by atoms with E-state index < -0.39 is 10.1 Å². The van der Waals surface area contributed by atoms with E-state index in [9.17, 15) is 18.0 Å². The van der Waals surface area contributed by atoms with E-state index in [1.54, 1.807) is 11.0 Å². The molecule has 0 saturated heterocycles. The van der Waals surface area contributed by atoms with Crippen LogP contribution in [0.5, 0.6) is 5.75 Å². The molecule has 2 aromatic rings. The molecular formula is C23H29ClN2O5S. The summed E-state index contributed by atoms with van der Waals surface area (Å²) in [5.41, 5.74) is 0.963. The van der Waals surface area contributed by atoms with Crippen LogP contribution < -0.4 is 9.50 Å². The Hall–Kier alpha value is -2.58. The van der Waals surface area contributed by atoms with Gasteiger partial charge in [0.05, 0.1) is 0 Å². The lowest BCUT2D eigenvalue weighted by molar-refractivity contribution is -0.137. The third-order valence-electron chi connectivity index (χ3n) is 4.93. The molecule has 0 heterocycles. The van der Waals surface area contributed by atoms with Crippen molar-refractivity contribution in [3.8, 4) is 5.75 Å². The van der Waals surface area contributed by atoms with Crippen molar-refractivity contribution in [3.05, 3.63) is 53.1 Å². The summed E-state index contributed by atoms with van der Waals surface area (Å²) in [5.74, 6) is -0.408. The van der Waals surface area contributed by atoms with Gasteiger partial charge in [-0.05, 0) is 55.8 Å². The third kappa shape index (κ3) is 6.71. The minimum Gasteiger partial charge on any atom is -0.379 e. The van der Waals surface area contributed by atoms with Gasteiger partial charge < -0.3 is 14.4 Å². The first-order valence-electron chi connectivity index (χ1n) is 10.4. The average molecular weight is 481 g/mol. The fraction of sp³-hybridized carbons (Fsp3) is 0.391. The number of halogens is 1. The molecule has 2 aromatic carbocycles. The van der Waals surface area contributed by atoms with E-state index in [0.29, 0.717) is 16.3 Å². The molecule has 0 aliphatic rings. The zero-order valence-electron chi connectivity index (χ0n) is 18.9. The Balaban J connectivity index is 2.36. The Bertz CT molecular complexity index is 1070. The number of anilines is 1. The molecule has 0 aliphatic carbocycles. The van der Waals surface area contributed by atoms with Crippen molar-refractivity contribution in [2.75, 3.05) is 5.32 Å². The largest absolute Gasteiger partial charge is 0.379 e. The van der Waals surface area contributed by atoms with Gasteiger partial charge in [-0.15, -0.1) is 0 Å². The topological polar surface area (TPSA) is 92.8 Å². The summed E-state index contributed by atoms with van der Waals surface area (Å²) in [6.07, 6.45) is 0.744. The van der Waals surface area contributed by atoms with Crippen LogP contribution in [-0.2, 0) is 26.3 Å². The van der Waals surface area contributed by atoms with Crippen molar-refractivity contribution >= 4 is 39.2 Å². The first-order valence-corrected chi connectivity index (χ1v) is 12.1. The molecule has 0 aromatic heterocycles. The van der Waals surface area contributed by atoms with E-state index in [2.05, 4.69) is 5.32 Å². The quantitative estimate of drug-likeness (QED) is 0.518. The summed E-state index contributed by atoms with van der Waals surface area (Å²) in [4.78, 5) is 25.6. The summed E-state index contributed by atoms with van der Waals surface area (Å²) in [6.45, 7) is 9.10. The van der Waals surface area contributed by atoms with Crippen LogP contribution in [-0.4, -0.2) is 31.2 Å². The molecule has 0 bridgehead atoms. The van der Waals surface area contributed by atoms with Crippen LogP contribution in [0, 0.1) is 5.92 Å². The van der Waals surface area contributed by atoms with E-state index in [4.69, 9.17) is 15.8 Å². The minimum atomic E-state index is -4.15. The molecule has 1 N–H and O–H groups in total. The van der Waals surface area contributed by atoms with Crippen LogP contribution in [0.4, 0.5) is 5.69 Å². The van der Waals surface area contributed by atoms with Crippen LogP contribution in [0.25, 0.3) is 0 Å². The average Bonchev–Trinajstić information content (AvgIpc) is 2.72. The number of carbonyl (C=O) groups excluding carboxylic acids is 2. The van der Waals surface area contributed by atoms with Gasteiger partial charge in [-0.2, -0.15) is 8.42 Å². The Morgan fingerprint density at radius 3 is 2.25 bits per heavy atom. The van der Waals surface area contributed by atoms with Crippen LogP contribution in [0.3, 0.4) is 0 Å². The Morgan fingerprint density at radius 1 is 1.09 bits per heavy atom. The number of nitrogens with zero attached hydrogens (tertiary/aromatic N) is 1. The number of benzene rings is 2. The fourth-order valence-corrected chi connectivity index (χ4v) is 4.17. The summed E-state index contributed by atoms with van der Waals surface area (Å²) in [5, 5.41) is 2.99. The zero-order chi connectivity index (χ0) is 24.1. The van der Waals surface area contributed by atoms with E-state index in [1.807, 2.05) is 27.7 Å². The van der Waals surface area contributed by atoms with Crippen molar-refractivity contribution in [1.82, 2.24) is 4.90 Å². The minimum absolute atomic E-state index is 0.0401. The highest BCUT2D eigenvalue weighted by Gasteiger charge is 2.25. The number of carbonyl (C=O) groups is 2. The molecule has 0 fully saturated rings. The van der Waals surface area contributed by atoms with Gasteiger partial charge in [0.2, 0.25) is 11.8 Å². The SMILES string of the molecule is CC[C@H](C)N(Cc1cc(Cl)ccc1OS(=O)(=O)c1ccc(NC(C)=O)cc1)C(=O)C(C)C. The second-order valence-corrected chi connectivity index (χ2v) is 9.86. The molecule has 0 radical (unpaired) electrons. The predicted octanol–water partition coefficient (Wildman–Crippen LogP) is 4.85. The van der Waals surface area contributed by atoms with Crippen molar-refractivity contribution in [3.63, 3.8) is 0 Å². The highest BCUT2D eigenvalue weighted by atomic mass is 35.5. The van der Waals surface area contributed by atoms with Gasteiger partial charge in [0.25, 0.3) is 0 Å². The second-order valence-electron chi connectivity index (χ2n) is 7.87. The standard InChI is InChI=1S/C23H29ClN2O5S/c1-6-16(4)26(23(28)15(2)3)14-18-13-19(24)7-12-22(18)31-32(29,30)21-10-8-20(9-11-21)25-17(5)27/h7-13,15-16H,6,14H2,1-5H3,(H,25,27)/t16-/m0/s1. The first-order chi connectivity index (χ1) is 14.9. The number of amides is 2. The Labute approximate surface area is 194 Å². The maximum atomic E-state index is 12.9. The molecule has 32 heavy (non-hydrogen) atoms. The van der Waals surface area contributed by atoms with Crippen LogP contribution in [0.2, 0.25) is 5.02 Å². The maximum absolute atomic E-state index is 12.9. The van der Waals surface area contributed by atoms with Crippen molar-refractivity contribution in [2.45, 2.75) is 58.5 Å². The summed E-state index contributed by atoms with van der Waals surface area (Å²) in [7, 11) is -4.15. The molecule has 2 rings (SSSR count). The van der Waals surface area contributed by atoms with Crippen molar-refractivity contribution in [2.24, 2.45) is 5.92 Å². The van der Waals surface area contributed by atoms with Gasteiger partial charge >= 0.3 is 10.1 Å². The number of hydrogen-bond acceptors (Lipinski definition) is 5. The number of hydrogen-bond donors (Lipinski definition) is 1. The lowest BCUT2D eigenvalue weighted by atomic mass is 10.1. The Morgan fingerprint density at radius 2 is 1.72 bits per heavy atom. The number of rotatable bonds is 9. The van der Waals surface area contributed by atoms with Crippen LogP contribution in [0.1, 0.15) is 46.6 Å². The van der Waals surface area contributed by atoms with Gasteiger partial charge in [-0.25, -0.2) is 0 Å². The molecule has 0 spiro atoms. The first kappa shape index (κ1) is 25.7. The molecule has 0 saturated carbocycles.